The summed E-state index contributed by atoms with van der Waals surface area (Å²) in [6.45, 7) is 2.11. The molecular formula is C15H21N3O2. The molecule has 1 aromatic carbocycles. The first-order valence-electron chi connectivity index (χ1n) is 7.18. The number of fused-ring (bicyclic) bond motifs is 1. The molecule has 2 fully saturated rings. The van der Waals surface area contributed by atoms with Gasteiger partial charge in [-0.25, -0.2) is 0 Å². The Kier molecular flexibility index (Phi) is 3.63. The van der Waals surface area contributed by atoms with Gasteiger partial charge in [0.2, 0.25) is 5.91 Å². The van der Waals surface area contributed by atoms with Crippen LogP contribution in [0.15, 0.2) is 24.3 Å². The second kappa shape index (κ2) is 5.42. The van der Waals surface area contributed by atoms with Gasteiger partial charge in [0, 0.05) is 19.0 Å². The van der Waals surface area contributed by atoms with Crippen LogP contribution in [0.2, 0.25) is 0 Å². The van der Waals surface area contributed by atoms with Gasteiger partial charge < -0.3 is 16.2 Å². The molecule has 1 saturated carbocycles. The summed E-state index contributed by atoms with van der Waals surface area (Å²) in [5, 5.41) is 12.7. The fourth-order valence-electron chi connectivity index (χ4n) is 3.46. The van der Waals surface area contributed by atoms with E-state index in [1.807, 2.05) is 12.1 Å². The Morgan fingerprint density at radius 3 is 2.90 bits per heavy atom. The molecule has 1 heterocycles. The van der Waals surface area contributed by atoms with Crippen LogP contribution < -0.4 is 11.1 Å². The average Bonchev–Trinajstić information content (AvgIpc) is 2.95. The number of benzene rings is 1. The van der Waals surface area contributed by atoms with E-state index in [1.165, 1.54) is 0 Å². The minimum absolute atomic E-state index is 0.0441. The van der Waals surface area contributed by atoms with Crippen LogP contribution in [0.1, 0.15) is 12.8 Å². The van der Waals surface area contributed by atoms with Gasteiger partial charge in [-0.05, 0) is 30.9 Å². The Hall–Kier alpha value is -1.59. The molecule has 3 unspecified atom stereocenters. The maximum atomic E-state index is 12.1. The Balaban J connectivity index is 1.54. The van der Waals surface area contributed by atoms with Gasteiger partial charge in [0.1, 0.15) is 0 Å². The number of aliphatic hydroxyl groups excluding tert-OH is 1. The van der Waals surface area contributed by atoms with Gasteiger partial charge in [-0.2, -0.15) is 0 Å². The zero-order valence-corrected chi connectivity index (χ0v) is 11.5. The maximum Gasteiger partial charge on any atom is 0.238 e. The lowest BCUT2D eigenvalue weighted by Crippen LogP contribution is -2.33. The van der Waals surface area contributed by atoms with Crippen LogP contribution >= 0.6 is 0 Å². The Bertz CT molecular complexity index is 506. The summed E-state index contributed by atoms with van der Waals surface area (Å²) in [4.78, 5) is 14.2. The molecule has 1 amide bonds. The molecular weight excluding hydrogens is 254 g/mol. The van der Waals surface area contributed by atoms with Crippen molar-refractivity contribution in [3.8, 4) is 0 Å². The zero-order chi connectivity index (χ0) is 14.1. The summed E-state index contributed by atoms with van der Waals surface area (Å²) in [5.74, 6) is 0.863. The summed E-state index contributed by atoms with van der Waals surface area (Å²) in [6.07, 6.45) is 1.81. The number of hydrogen-bond acceptors (Lipinski definition) is 4. The van der Waals surface area contributed by atoms with Gasteiger partial charge in [-0.15, -0.1) is 0 Å². The molecule has 2 aliphatic rings. The number of para-hydroxylation sites is 2. The molecule has 1 saturated heterocycles. The lowest BCUT2D eigenvalue weighted by atomic mass is 10.00. The van der Waals surface area contributed by atoms with E-state index in [0.29, 0.717) is 29.8 Å². The molecule has 4 N–H and O–H groups in total. The number of hydrogen-bond donors (Lipinski definition) is 3. The van der Waals surface area contributed by atoms with E-state index < -0.39 is 0 Å². The predicted molar refractivity (Wildman–Crippen MR) is 78.1 cm³/mol. The van der Waals surface area contributed by atoms with Crippen LogP contribution in [0, 0.1) is 11.8 Å². The fraction of sp³-hybridized carbons (Fsp3) is 0.533. The van der Waals surface area contributed by atoms with Gasteiger partial charge in [-0.3, -0.25) is 9.69 Å². The molecule has 0 aromatic heterocycles. The third kappa shape index (κ3) is 2.64. The van der Waals surface area contributed by atoms with Crippen molar-refractivity contribution < 1.29 is 9.90 Å². The molecule has 5 heteroatoms. The quantitative estimate of drug-likeness (QED) is 0.717. The standard InChI is InChI=1S/C15H21N3O2/c16-12-3-1-2-4-13(12)17-15(20)9-18-7-10-5-6-14(19)11(10)8-18/h1-4,10-11,14,19H,5-9,16H2,(H,17,20). The van der Waals surface area contributed by atoms with Crippen molar-refractivity contribution in [3.05, 3.63) is 24.3 Å². The first kappa shape index (κ1) is 13.4. The molecule has 1 aromatic rings. The SMILES string of the molecule is Nc1ccccc1NC(=O)CN1CC2CCC(O)C2C1. The Morgan fingerprint density at radius 2 is 2.15 bits per heavy atom. The highest BCUT2D eigenvalue weighted by molar-refractivity contribution is 5.95. The molecule has 5 nitrogen and oxygen atoms in total. The molecule has 3 rings (SSSR count). The fourth-order valence-corrected chi connectivity index (χ4v) is 3.46. The Labute approximate surface area is 118 Å². The third-order valence-electron chi connectivity index (χ3n) is 4.50. The number of anilines is 2. The number of nitrogen functional groups attached to an aromatic ring is 1. The van der Waals surface area contributed by atoms with Crippen molar-refractivity contribution >= 4 is 17.3 Å². The number of amides is 1. The summed E-state index contributed by atoms with van der Waals surface area (Å²) in [5.41, 5.74) is 7.05. The molecule has 0 bridgehead atoms. The maximum absolute atomic E-state index is 12.1. The van der Waals surface area contributed by atoms with Crippen molar-refractivity contribution in [1.29, 1.82) is 0 Å². The van der Waals surface area contributed by atoms with Gasteiger partial charge >= 0.3 is 0 Å². The molecule has 20 heavy (non-hydrogen) atoms. The average molecular weight is 275 g/mol. The third-order valence-corrected chi connectivity index (χ3v) is 4.50. The van der Waals surface area contributed by atoms with Gasteiger partial charge in [0.25, 0.3) is 0 Å². The van der Waals surface area contributed by atoms with Gasteiger partial charge in [0.15, 0.2) is 0 Å². The number of carbonyl (C=O) groups excluding carboxylic acids is 1. The van der Waals surface area contributed by atoms with Crippen molar-refractivity contribution in [2.75, 3.05) is 30.7 Å². The molecule has 108 valence electrons. The van der Waals surface area contributed by atoms with Crippen molar-refractivity contribution in [2.24, 2.45) is 11.8 Å². The number of aliphatic hydroxyl groups is 1. The number of nitrogens with zero attached hydrogens (tertiary/aromatic N) is 1. The summed E-state index contributed by atoms with van der Waals surface area (Å²) in [6, 6.07) is 7.26. The number of nitrogens with two attached hydrogens (primary N) is 1. The minimum Gasteiger partial charge on any atom is -0.397 e. The van der Waals surface area contributed by atoms with Crippen LogP contribution in [0.25, 0.3) is 0 Å². The number of carbonyl (C=O) groups is 1. The molecule has 1 aliphatic carbocycles. The summed E-state index contributed by atoms with van der Waals surface area (Å²) >= 11 is 0. The van der Waals surface area contributed by atoms with Crippen LogP contribution in [0.4, 0.5) is 11.4 Å². The second-order valence-corrected chi connectivity index (χ2v) is 5.90. The largest absolute Gasteiger partial charge is 0.397 e. The summed E-state index contributed by atoms with van der Waals surface area (Å²) in [7, 11) is 0. The zero-order valence-electron chi connectivity index (χ0n) is 11.5. The highest BCUT2D eigenvalue weighted by atomic mass is 16.3. The van der Waals surface area contributed by atoms with Crippen LogP contribution in [0.5, 0.6) is 0 Å². The van der Waals surface area contributed by atoms with Gasteiger partial charge in [-0.1, -0.05) is 12.1 Å². The van der Waals surface area contributed by atoms with Crippen LogP contribution in [0.3, 0.4) is 0 Å². The highest BCUT2D eigenvalue weighted by Gasteiger charge is 2.41. The van der Waals surface area contributed by atoms with Crippen LogP contribution in [-0.2, 0) is 4.79 Å². The number of likely N-dealkylation sites (tertiary alicyclic amines) is 1. The van der Waals surface area contributed by atoms with Crippen molar-refractivity contribution in [1.82, 2.24) is 4.90 Å². The summed E-state index contributed by atoms with van der Waals surface area (Å²) < 4.78 is 0. The number of rotatable bonds is 3. The lowest BCUT2D eigenvalue weighted by Gasteiger charge is -2.17. The molecule has 0 spiro atoms. The second-order valence-electron chi connectivity index (χ2n) is 5.90. The predicted octanol–water partition coefficient (Wildman–Crippen LogP) is 0.910. The number of nitrogens with one attached hydrogen (secondary N) is 1. The van der Waals surface area contributed by atoms with E-state index in [-0.39, 0.29) is 12.0 Å². The molecule has 0 radical (unpaired) electrons. The van der Waals surface area contributed by atoms with E-state index >= 15 is 0 Å². The molecule has 3 atom stereocenters. The van der Waals surface area contributed by atoms with Crippen LogP contribution in [-0.4, -0.2) is 41.7 Å². The van der Waals surface area contributed by atoms with E-state index in [9.17, 15) is 9.90 Å². The van der Waals surface area contributed by atoms with E-state index in [2.05, 4.69) is 10.2 Å². The van der Waals surface area contributed by atoms with E-state index in [1.54, 1.807) is 12.1 Å². The molecule has 1 aliphatic heterocycles. The lowest BCUT2D eigenvalue weighted by molar-refractivity contribution is -0.117. The first-order valence-corrected chi connectivity index (χ1v) is 7.18. The van der Waals surface area contributed by atoms with E-state index in [4.69, 9.17) is 5.73 Å². The topological polar surface area (TPSA) is 78.6 Å². The Morgan fingerprint density at radius 1 is 1.35 bits per heavy atom. The first-order chi connectivity index (χ1) is 9.63. The van der Waals surface area contributed by atoms with Gasteiger partial charge in [0.05, 0.1) is 24.0 Å². The normalized spacial score (nSPS) is 29.4. The monoisotopic (exact) mass is 275 g/mol. The highest BCUT2D eigenvalue weighted by Crippen LogP contribution is 2.37. The van der Waals surface area contributed by atoms with E-state index in [0.717, 1.165) is 25.9 Å². The minimum atomic E-state index is -0.183. The smallest absolute Gasteiger partial charge is 0.238 e. The van der Waals surface area contributed by atoms with Crippen molar-refractivity contribution in [2.45, 2.75) is 18.9 Å². The van der Waals surface area contributed by atoms with Crippen molar-refractivity contribution in [3.63, 3.8) is 0 Å².